The van der Waals surface area contributed by atoms with Gasteiger partial charge in [-0.25, -0.2) is 4.39 Å². The van der Waals surface area contributed by atoms with Crippen LogP contribution in [-0.2, 0) is 6.18 Å². The zero-order chi connectivity index (χ0) is 15.3. The van der Waals surface area contributed by atoms with Crippen LogP contribution in [0.1, 0.15) is 50.8 Å². The van der Waals surface area contributed by atoms with E-state index in [4.69, 9.17) is 0 Å². The van der Waals surface area contributed by atoms with Crippen LogP contribution in [0.4, 0.5) is 17.6 Å². The van der Waals surface area contributed by atoms with E-state index in [9.17, 15) is 17.6 Å². The summed E-state index contributed by atoms with van der Waals surface area (Å²) >= 11 is 0. The van der Waals surface area contributed by atoms with Crippen molar-refractivity contribution in [2.75, 3.05) is 6.54 Å². The van der Waals surface area contributed by atoms with Gasteiger partial charge in [-0.1, -0.05) is 20.8 Å². The monoisotopic (exact) mass is 291 g/mol. The fourth-order valence-electron chi connectivity index (χ4n) is 2.19. The highest BCUT2D eigenvalue weighted by atomic mass is 19.4. The summed E-state index contributed by atoms with van der Waals surface area (Å²) in [5.74, 6) is -0.250. The second-order valence-electron chi connectivity index (χ2n) is 5.31. The first kappa shape index (κ1) is 17.0. The lowest BCUT2D eigenvalue weighted by Crippen LogP contribution is -2.24. The predicted octanol–water partition coefficient (Wildman–Crippen LogP) is 4.93. The zero-order valence-corrected chi connectivity index (χ0v) is 12.0. The molecule has 1 nitrogen and oxygen atoms in total. The van der Waals surface area contributed by atoms with Gasteiger partial charge in [-0.3, -0.25) is 0 Å². The molecule has 0 radical (unpaired) electrons. The number of rotatable bonds is 6. The highest BCUT2D eigenvalue weighted by Gasteiger charge is 2.35. The molecular formula is C15H21F4N. The van der Waals surface area contributed by atoms with Gasteiger partial charge in [0.25, 0.3) is 0 Å². The molecule has 0 aliphatic rings. The van der Waals surface area contributed by atoms with Gasteiger partial charge in [0.1, 0.15) is 5.82 Å². The number of benzene rings is 1. The third kappa shape index (κ3) is 4.78. The summed E-state index contributed by atoms with van der Waals surface area (Å²) in [6, 6.07) is 2.20. The molecule has 0 aliphatic heterocycles. The fraction of sp³-hybridized carbons (Fsp3) is 0.600. The lowest BCUT2D eigenvalue weighted by molar-refractivity contribution is -0.138. The highest BCUT2D eigenvalue weighted by molar-refractivity contribution is 5.33. The molecule has 1 aromatic carbocycles. The molecule has 1 aromatic rings. The van der Waals surface area contributed by atoms with Gasteiger partial charge < -0.3 is 5.32 Å². The first-order valence-electron chi connectivity index (χ1n) is 6.85. The van der Waals surface area contributed by atoms with Crippen LogP contribution in [0.3, 0.4) is 0 Å². The van der Waals surface area contributed by atoms with Crippen molar-refractivity contribution < 1.29 is 17.6 Å². The Morgan fingerprint density at radius 1 is 1.15 bits per heavy atom. The van der Waals surface area contributed by atoms with Crippen LogP contribution < -0.4 is 5.32 Å². The summed E-state index contributed by atoms with van der Waals surface area (Å²) in [5, 5.41) is 3.03. The van der Waals surface area contributed by atoms with Crippen molar-refractivity contribution in [2.45, 2.75) is 45.8 Å². The van der Waals surface area contributed by atoms with Crippen molar-refractivity contribution in [3.8, 4) is 0 Å². The summed E-state index contributed by atoms with van der Waals surface area (Å²) in [7, 11) is 0. The Hall–Kier alpha value is -1.10. The number of nitrogens with one attached hydrogen (secondary N) is 1. The standard InChI is InChI=1S/C15H21F4N/c1-4-20-14(8-5-10(2)3)12-9-11(16)6-7-13(12)15(17,18)19/h6-7,9-10,14,20H,4-5,8H2,1-3H3. The molecule has 0 bridgehead atoms. The molecule has 0 saturated heterocycles. The minimum Gasteiger partial charge on any atom is -0.310 e. The van der Waals surface area contributed by atoms with Crippen molar-refractivity contribution in [3.63, 3.8) is 0 Å². The highest BCUT2D eigenvalue weighted by Crippen LogP contribution is 2.36. The molecule has 1 atom stereocenters. The molecule has 0 heterocycles. The van der Waals surface area contributed by atoms with Gasteiger partial charge in [-0.2, -0.15) is 13.2 Å². The van der Waals surface area contributed by atoms with Gasteiger partial charge in [-0.05, 0) is 49.1 Å². The SMILES string of the molecule is CCNC(CCC(C)C)c1cc(F)ccc1C(F)(F)F. The summed E-state index contributed by atoms with van der Waals surface area (Å²) in [6.45, 7) is 6.39. The fourth-order valence-corrected chi connectivity index (χ4v) is 2.19. The molecular weight excluding hydrogens is 270 g/mol. The van der Waals surface area contributed by atoms with Crippen LogP contribution >= 0.6 is 0 Å². The maximum Gasteiger partial charge on any atom is 0.416 e. The maximum absolute atomic E-state index is 13.3. The van der Waals surface area contributed by atoms with E-state index >= 15 is 0 Å². The van der Waals surface area contributed by atoms with Crippen LogP contribution in [0.2, 0.25) is 0 Å². The minimum absolute atomic E-state index is 0.000000000000000444. The van der Waals surface area contributed by atoms with E-state index in [1.54, 1.807) is 0 Å². The van der Waals surface area contributed by atoms with Gasteiger partial charge >= 0.3 is 6.18 Å². The first-order chi connectivity index (χ1) is 9.25. The molecule has 0 aliphatic carbocycles. The molecule has 114 valence electrons. The van der Waals surface area contributed by atoms with Gasteiger partial charge in [0, 0.05) is 6.04 Å². The largest absolute Gasteiger partial charge is 0.416 e. The molecule has 1 unspecified atom stereocenters. The van der Waals surface area contributed by atoms with Gasteiger partial charge in [-0.15, -0.1) is 0 Å². The van der Waals surface area contributed by atoms with Gasteiger partial charge in [0.05, 0.1) is 5.56 Å². The smallest absolute Gasteiger partial charge is 0.310 e. The minimum atomic E-state index is -4.46. The van der Waals surface area contributed by atoms with Crippen molar-refractivity contribution in [1.82, 2.24) is 5.32 Å². The van der Waals surface area contributed by atoms with E-state index in [0.29, 0.717) is 18.9 Å². The molecule has 1 N–H and O–H groups in total. The second kappa shape index (κ2) is 7.07. The Morgan fingerprint density at radius 3 is 2.30 bits per heavy atom. The molecule has 0 saturated carbocycles. The topological polar surface area (TPSA) is 12.0 Å². The van der Waals surface area contributed by atoms with Crippen LogP contribution in [0, 0.1) is 11.7 Å². The van der Waals surface area contributed by atoms with E-state index in [1.807, 2.05) is 20.8 Å². The van der Waals surface area contributed by atoms with Crippen LogP contribution in [0.15, 0.2) is 18.2 Å². The number of hydrogen-bond donors (Lipinski definition) is 1. The van der Waals surface area contributed by atoms with Crippen molar-refractivity contribution in [2.24, 2.45) is 5.92 Å². The maximum atomic E-state index is 13.3. The van der Waals surface area contributed by atoms with E-state index in [1.165, 1.54) is 0 Å². The third-order valence-electron chi connectivity index (χ3n) is 3.18. The number of hydrogen-bond acceptors (Lipinski definition) is 1. The van der Waals surface area contributed by atoms with Crippen molar-refractivity contribution in [1.29, 1.82) is 0 Å². The predicted molar refractivity (Wildman–Crippen MR) is 71.9 cm³/mol. The van der Waals surface area contributed by atoms with E-state index in [2.05, 4.69) is 5.32 Å². The molecule has 0 fully saturated rings. The molecule has 1 rings (SSSR count). The molecule has 0 amide bonds. The van der Waals surface area contributed by atoms with Crippen molar-refractivity contribution >= 4 is 0 Å². The summed E-state index contributed by atoms with van der Waals surface area (Å²) < 4.78 is 52.4. The third-order valence-corrected chi connectivity index (χ3v) is 3.18. The van der Waals surface area contributed by atoms with Crippen LogP contribution in [0.25, 0.3) is 0 Å². The Bertz CT molecular complexity index is 426. The Labute approximate surface area is 117 Å². The average molecular weight is 291 g/mol. The Kier molecular flexibility index (Phi) is 5.99. The van der Waals surface area contributed by atoms with Gasteiger partial charge in [0.2, 0.25) is 0 Å². The average Bonchev–Trinajstić information content (AvgIpc) is 2.32. The molecule has 0 aromatic heterocycles. The van der Waals surface area contributed by atoms with Crippen LogP contribution in [-0.4, -0.2) is 6.54 Å². The van der Waals surface area contributed by atoms with Crippen molar-refractivity contribution in [3.05, 3.63) is 35.1 Å². The van der Waals surface area contributed by atoms with E-state index < -0.39 is 23.6 Å². The van der Waals surface area contributed by atoms with E-state index in [-0.39, 0.29) is 5.56 Å². The zero-order valence-electron chi connectivity index (χ0n) is 12.0. The number of halogens is 4. The molecule has 20 heavy (non-hydrogen) atoms. The summed E-state index contributed by atoms with van der Waals surface area (Å²) in [5.41, 5.74) is -0.756. The molecule has 0 spiro atoms. The lowest BCUT2D eigenvalue weighted by atomic mass is 9.93. The molecule has 5 heteroatoms. The van der Waals surface area contributed by atoms with Crippen LogP contribution in [0.5, 0.6) is 0 Å². The normalized spacial score (nSPS) is 13.8. The lowest BCUT2D eigenvalue weighted by Gasteiger charge is -2.23. The Morgan fingerprint density at radius 2 is 1.80 bits per heavy atom. The Balaban J connectivity index is 3.13. The number of alkyl halides is 3. The second-order valence-corrected chi connectivity index (χ2v) is 5.31. The quantitative estimate of drug-likeness (QED) is 0.733. The summed E-state index contributed by atoms with van der Waals surface area (Å²) in [6.07, 6.45) is -3.13. The first-order valence-corrected chi connectivity index (χ1v) is 6.85. The van der Waals surface area contributed by atoms with Gasteiger partial charge in [0.15, 0.2) is 0 Å². The van der Waals surface area contributed by atoms with E-state index in [0.717, 1.165) is 24.6 Å². The summed E-state index contributed by atoms with van der Waals surface area (Å²) in [4.78, 5) is 0.